The van der Waals surface area contributed by atoms with Crippen molar-refractivity contribution in [1.29, 1.82) is 0 Å². The monoisotopic (exact) mass is 427 g/mol. The van der Waals surface area contributed by atoms with Gasteiger partial charge in [0.15, 0.2) is 5.13 Å². The maximum absolute atomic E-state index is 12.9. The van der Waals surface area contributed by atoms with Gasteiger partial charge in [-0.3, -0.25) is 14.9 Å². The van der Waals surface area contributed by atoms with Crippen molar-refractivity contribution in [2.24, 2.45) is 0 Å². The molecule has 150 valence electrons. The third-order valence-electron chi connectivity index (χ3n) is 4.32. The van der Waals surface area contributed by atoms with Crippen LogP contribution in [-0.2, 0) is 11.2 Å². The fraction of sp³-hybridized carbons (Fsp3) is 0.227. The molecule has 0 saturated carbocycles. The number of benzene rings is 2. The number of anilines is 2. The number of nitrogens with one attached hydrogen (secondary N) is 1. The standard InChI is InChI=1S/C22H22ClN3O2S/c1-2-3-13-26(19-7-5-4-6-8-19)20(27)14-18-15-29-22(24-18)25-21(28)16-9-11-17(23)12-10-16/h4-12,15H,2-3,13-14H2,1H3,(H,24,25,28). The van der Waals surface area contributed by atoms with Crippen molar-refractivity contribution >= 4 is 45.6 Å². The summed E-state index contributed by atoms with van der Waals surface area (Å²) < 4.78 is 0. The van der Waals surface area contributed by atoms with Gasteiger partial charge in [-0.25, -0.2) is 4.98 Å². The number of carbonyl (C=O) groups excluding carboxylic acids is 2. The number of hydrogen-bond acceptors (Lipinski definition) is 4. The zero-order valence-electron chi connectivity index (χ0n) is 16.1. The first kappa shape index (κ1) is 21.0. The summed E-state index contributed by atoms with van der Waals surface area (Å²) in [4.78, 5) is 31.4. The van der Waals surface area contributed by atoms with Crippen molar-refractivity contribution in [1.82, 2.24) is 4.98 Å². The molecular weight excluding hydrogens is 406 g/mol. The number of hydrogen-bond donors (Lipinski definition) is 1. The molecule has 0 radical (unpaired) electrons. The second-order valence-electron chi connectivity index (χ2n) is 6.52. The summed E-state index contributed by atoms with van der Waals surface area (Å²) >= 11 is 7.16. The van der Waals surface area contributed by atoms with Gasteiger partial charge in [0.05, 0.1) is 12.1 Å². The van der Waals surface area contributed by atoms with E-state index in [0.717, 1.165) is 18.5 Å². The van der Waals surface area contributed by atoms with Gasteiger partial charge in [-0.05, 0) is 42.8 Å². The average molecular weight is 428 g/mol. The maximum atomic E-state index is 12.9. The lowest BCUT2D eigenvalue weighted by Crippen LogP contribution is -2.33. The quantitative estimate of drug-likeness (QED) is 0.521. The van der Waals surface area contributed by atoms with Crippen molar-refractivity contribution in [3.05, 3.63) is 76.3 Å². The van der Waals surface area contributed by atoms with Crippen molar-refractivity contribution < 1.29 is 9.59 Å². The van der Waals surface area contributed by atoms with E-state index >= 15 is 0 Å². The van der Waals surface area contributed by atoms with E-state index < -0.39 is 0 Å². The lowest BCUT2D eigenvalue weighted by atomic mass is 10.2. The van der Waals surface area contributed by atoms with E-state index in [4.69, 9.17) is 11.6 Å². The third kappa shape index (κ3) is 5.89. The molecule has 0 unspecified atom stereocenters. The molecule has 3 aromatic rings. The summed E-state index contributed by atoms with van der Waals surface area (Å²) in [5, 5.41) is 5.61. The van der Waals surface area contributed by atoms with Crippen molar-refractivity contribution in [3.63, 3.8) is 0 Å². The van der Waals surface area contributed by atoms with Gasteiger partial charge in [0.2, 0.25) is 5.91 Å². The van der Waals surface area contributed by atoms with Gasteiger partial charge >= 0.3 is 0 Å². The van der Waals surface area contributed by atoms with Gasteiger partial charge in [-0.15, -0.1) is 11.3 Å². The number of nitrogens with zero attached hydrogens (tertiary/aromatic N) is 2. The molecule has 1 N–H and O–H groups in total. The first-order valence-corrected chi connectivity index (χ1v) is 10.7. The molecular formula is C22H22ClN3O2S. The van der Waals surface area contributed by atoms with Crippen LogP contribution >= 0.6 is 22.9 Å². The van der Waals surface area contributed by atoms with Crippen molar-refractivity contribution in [3.8, 4) is 0 Å². The molecule has 0 bridgehead atoms. The Labute approximate surface area is 179 Å². The van der Waals surface area contributed by atoms with Crippen LogP contribution in [0, 0.1) is 0 Å². The first-order chi connectivity index (χ1) is 14.1. The highest BCUT2D eigenvalue weighted by Gasteiger charge is 2.17. The minimum atomic E-state index is -0.261. The Bertz CT molecular complexity index is 958. The van der Waals surface area contributed by atoms with Gasteiger partial charge in [0.1, 0.15) is 0 Å². The molecule has 7 heteroatoms. The zero-order chi connectivity index (χ0) is 20.6. The molecule has 0 aliphatic carbocycles. The van der Waals surface area contributed by atoms with Gasteiger partial charge in [-0.1, -0.05) is 43.1 Å². The lowest BCUT2D eigenvalue weighted by molar-refractivity contribution is -0.118. The number of amides is 2. The van der Waals surface area contributed by atoms with E-state index in [0.29, 0.717) is 28.0 Å². The Morgan fingerprint density at radius 2 is 1.83 bits per heavy atom. The average Bonchev–Trinajstić information content (AvgIpc) is 3.16. The van der Waals surface area contributed by atoms with Crippen molar-refractivity contribution in [2.75, 3.05) is 16.8 Å². The molecule has 5 nitrogen and oxygen atoms in total. The molecule has 0 aliphatic heterocycles. The number of carbonyl (C=O) groups is 2. The SMILES string of the molecule is CCCCN(C(=O)Cc1csc(NC(=O)c2ccc(Cl)cc2)n1)c1ccccc1. The molecule has 0 fully saturated rings. The smallest absolute Gasteiger partial charge is 0.257 e. The minimum absolute atomic E-state index is 0.00877. The Kier molecular flexibility index (Phi) is 7.38. The Hall–Kier alpha value is -2.70. The molecule has 0 atom stereocenters. The van der Waals surface area contributed by atoms with E-state index in [1.54, 1.807) is 34.5 Å². The van der Waals surface area contributed by atoms with Crippen LogP contribution in [0.25, 0.3) is 0 Å². The normalized spacial score (nSPS) is 10.6. The highest BCUT2D eigenvalue weighted by Crippen LogP contribution is 2.20. The molecule has 0 saturated heterocycles. The van der Waals surface area contributed by atoms with Gasteiger partial charge in [0, 0.05) is 28.2 Å². The van der Waals surface area contributed by atoms with Gasteiger partial charge in [0.25, 0.3) is 5.91 Å². The van der Waals surface area contributed by atoms with E-state index in [9.17, 15) is 9.59 Å². The van der Waals surface area contributed by atoms with Gasteiger partial charge in [-0.2, -0.15) is 0 Å². The first-order valence-electron chi connectivity index (χ1n) is 9.43. The Morgan fingerprint density at radius 1 is 1.10 bits per heavy atom. The highest BCUT2D eigenvalue weighted by atomic mass is 35.5. The highest BCUT2D eigenvalue weighted by molar-refractivity contribution is 7.14. The van der Waals surface area contributed by atoms with E-state index in [1.807, 2.05) is 30.3 Å². The summed E-state index contributed by atoms with van der Waals surface area (Å²) in [6, 6.07) is 16.3. The van der Waals surface area contributed by atoms with Crippen LogP contribution in [0.5, 0.6) is 0 Å². The zero-order valence-corrected chi connectivity index (χ0v) is 17.7. The second-order valence-corrected chi connectivity index (χ2v) is 7.81. The summed E-state index contributed by atoms with van der Waals surface area (Å²) in [5.74, 6) is -0.270. The summed E-state index contributed by atoms with van der Waals surface area (Å²) in [6.45, 7) is 2.77. The van der Waals surface area contributed by atoms with E-state index in [1.165, 1.54) is 11.3 Å². The number of rotatable bonds is 8. The summed E-state index contributed by atoms with van der Waals surface area (Å²) in [6.07, 6.45) is 2.13. The summed E-state index contributed by atoms with van der Waals surface area (Å²) in [5.41, 5.74) is 2.03. The van der Waals surface area contributed by atoms with Crippen LogP contribution in [-0.4, -0.2) is 23.3 Å². The molecule has 1 aromatic heterocycles. The number of thiazole rings is 1. The van der Waals surface area contributed by atoms with Crippen LogP contribution in [0.3, 0.4) is 0 Å². The largest absolute Gasteiger partial charge is 0.312 e. The van der Waals surface area contributed by atoms with Crippen LogP contribution < -0.4 is 10.2 Å². The summed E-state index contributed by atoms with van der Waals surface area (Å²) in [7, 11) is 0. The maximum Gasteiger partial charge on any atom is 0.257 e. The molecule has 2 amide bonds. The van der Waals surface area contributed by atoms with E-state index in [-0.39, 0.29) is 18.2 Å². The number of aromatic nitrogens is 1. The van der Waals surface area contributed by atoms with Crippen LogP contribution in [0.15, 0.2) is 60.0 Å². The number of para-hydroxylation sites is 1. The molecule has 2 aromatic carbocycles. The molecule has 3 rings (SSSR count). The van der Waals surface area contributed by atoms with Gasteiger partial charge < -0.3 is 4.90 Å². The van der Waals surface area contributed by atoms with E-state index in [2.05, 4.69) is 17.2 Å². The van der Waals surface area contributed by atoms with Crippen LogP contribution in [0.2, 0.25) is 5.02 Å². The van der Waals surface area contributed by atoms with Crippen molar-refractivity contribution in [2.45, 2.75) is 26.2 Å². The minimum Gasteiger partial charge on any atom is -0.312 e. The van der Waals surface area contributed by atoms with Crippen LogP contribution in [0.1, 0.15) is 35.8 Å². The van der Waals surface area contributed by atoms with Crippen LogP contribution in [0.4, 0.5) is 10.8 Å². The fourth-order valence-electron chi connectivity index (χ4n) is 2.79. The predicted molar refractivity (Wildman–Crippen MR) is 119 cm³/mol. The lowest BCUT2D eigenvalue weighted by Gasteiger charge is -2.22. The topological polar surface area (TPSA) is 62.3 Å². The molecule has 1 heterocycles. The number of unbranched alkanes of at least 4 members (excludes halogenated alkanes) is 1. The second kappa shape index (κ2) is 10.2. The number of halogens is 1. The molecule has 0 aliphatic rings. The fourth-order valence-corrected chi connectivity index (χ4v) is 3.62. The predicted octanol–water partition coefficient (Wildman–Crippen LogP) is 5.42. The third-order valence-corrected chi connectivity index (χ3v) is 5.37. The Morgan fingerprint density at radius 3 is 2.52 bits per heavy atom. The molecule has 0 spiro atoms. The Balaban J connectivity index is 1.65. The molecule has 29 heavy (non-hydrogen) atoms.